The van der Waals surface area contributed by atoms with Gasteiger partial charge in [-0.25, -0.2) is 8.78 Å². The minimum atomic E-state index is -2.65. The number of halogens is 2. The highest BCUT2D eigenvalue weighted by Gasteiger charge is 2.45. The topological polar surface area (TPSA) is 17.1 Å². The summed E-state index contributed by atoms with van der Waals surface area (Å²) >= 11 is 0. The number of rotatable bonds is 2. The van der Waals surface area contributed by atoms with Crippen molar-refractivity contribution in [2.75, 3.05) is 0 Å². The Morgan fingerprint density at radius 1 is 1.33 bits per heavy atom. The fraction of sp³-hybridized carbons (Fsp3) is 0.417. The van der Waals surface area contributed by atoms with Crippen molar-refractivity contribution in [3.05, 3.63) is 35.4 Å². The van der Waals surface area contributed by atoms with Crippen LogP contribution in [0.4, 0.5) is 8.78 Å². The second kappa shape index (κ2) is 3.72. The van der Waals surface area contributed by atoms with Crippen LogP contribution in [0.25, 0.3) is 0 Å². The van der Waals surface area contributed by atoms with Crippen LogP contribution in [-0.2, 0) is 0 Å². The predicted molar refractivity (Wildman–Crippen MR) is 53.4 cm³/mol. The molecular formula is C12H12F2O. The Morgan fingerprint density at radius 3 is 2.67 bits per heavy atom. The number of hydrogen-bond acceptors (Lipinski definition) is 1. The lowest BCUT2D eigenvalue weighted by molar-refractivity contribution is -0.00904. The number of aldehydes is 1. The lowest BCUT2D eigenvalue weighted by Gasteiger charge is -2.20. The molecule has 15 heavy (non-hydrogen) atoms. The van der Waals surface area contributed by atoms with Gasteiger partial charge in [0, 0.05) is 17.9 Å². The van der Waals surface area contributed by atoms with Crippen molar-refractivity contribution >= 4 is 6.29 Å². The molecule has 1 saturated carbocycles. The Morgan fingerprint density at radius 2 is 2.07 bits per heavy atom. The number of benzene rings is 1. The van der Waals surface area contributed by atoms with Crippen LogP contribution in [0, 0.1) is 0 Å². The van der Waals surface area contributed by atoms with Gasteiger partial charge in [-0.05, 0) is 18.4 Å². The van der Waals surface area contributed by atoms with Gasteiger partial charge in [-0.3, -0.25) is 4.79 Å². The number of carbonyl (C=O) groups excluding carboxylic acids is 1. The van der Waals surface area contributed by atoms with E-state index >= 15 is 0 Å². The van der Waals surface area contributed by atoms with E-state index in [0.29, 0.717) is 30.3 Å². The molecule has 0 aromatic heterocycles. The molecule has 1 aromatic carbocycles. The van der Waals surface area contributed by atoms with Crippen LogP contribution in [0.2, 0.25) is 0 Å². The van der Waals surface area contributed by atoms with Gasteiger partial charge in [0.2, 0.25) is 0 Å². The molecule has 0 bridgehead atoms. The first kappa shape index (κ1) is 10.3. The quantitative estimate of drug-likeness (QED) is 0.684. The summed E-state index contributed by atoms with van der Waals surface area (Å²) in [6.07, 6.45) is 1.59. The molecule has 1 fully saturated rings. The highest BCUT2D eigenvalue weighted by Crippen LogP contribution is 2.47. The zero-order valence-electron chi connectivity index (χ0n) is 8.25. The Hall–Kier alpha value is -1.25. The Balaban J connectivity index is 2.40. The van der Waals surface area contributed by atoms with Crippen molar-refractivity contribution in [1.82, 2.24) is 0 Å². The average Bonchev–Trinajstić information content (AvgIpc) is 2.58. The third kappa shape index (κ3) is 1.78. The molecular weight excluding hydrogens is 198 g/mol. The number of carbonyl (C=O) groups is 1. The standard InChI is InChI=1S/C12H12F2O/c13-12(14)7-3-6-11(12)10-5-2-1-4-9(10)8-15/h1-2,4-5,8,11H,3,6-7H2. The lowest BCUT2D eigenvalue weighted by Crippen LogP contribution is -2.20. The maximum Gasteiger partial charge on any atom is 0.254 e. The smallest absolute Gasteiger partial charge is 0.254 e. The molecule has 1 nitrogen and oxygen atoms in total. The van der Waals surface area contributed by atoms with E-state index in [9.17, 15) is 13.6 Å². The predicted octanol–water partition coefficient (Wildman–Crippen LogP) is 3.40. The molecule has 0 spiro atoms. The summed E-state index contributed by atoms with van der Waals surface area (Å²) in [4.78, 5) is 10.8. The maximum atomic E-state index is 13.5. The van der Waals surface area contributed by atoms with Gasteiger partial charge in [0.25, 0.3) is 5.92 Å². The van der Waals surface area contributed by atoms with Crippen LogP contribution in [0.15, 0.2) is 24.3 Å². The highest BCUT2D eigenvalue weighted by molar-refractivity contribution is 5.77. The molecule has 1 unspecified atom stereocenters. The Bertz CT molecular complexity index is 374. The molecule has 80 valence electrons. The van der Waals surface area contributed by atoms with E-state index in [4.69, 9.17) is 0 Å². The van der Waals surface area contributed by atoms with Crippen molar-refractivity contribution in [3.8, 4) is 0 Å². The van der Waals surface area contributed by atoms with Crippen LogP contribution in [0.1, 0.15) is 41.1 Å². The number of hydrogen-bond donors (Lipinski definition) is 0. The molecule has 0 aliphatic heterocycles. The van der Waals surface area contributed by atoms with Gasteiger partial charge in [-0.2, -0.15) is 0 Å². The van der Waals surface area contributed by atoms with Crippen LogP contribution >= 0.6 is 0 Å². The zero-order chi connectivity index (χ0) is 10.9. The number of alkyl halides is 2. The van der Waals surface area contributed by atoms with E-state index in [1.807, 2.05) is 0 Å². The fourth-order valence-electron chi connectivity index (χ4n) is 2.25. The normalized spacial score (nSPS) is 24.0. The first-order chi connectivity index (χ1) is 7.15. The first-order valence-electron chi connectivity index (χ1n) is 5.07. The molecule has 0 radical (unpaired) electrons. The van der Waals surface area contributed by atoms with E-state index in [1.165, 1.54) is 0 Å². The monoisotopic (exact) mass is 210 g/mol. The van der Waals surface area contributed by atoms with Crippen LogP contribution in [0.3, 0.4) is 0 Å². The molecule has 1 atom stereocenters. The van der Waals surface area contributed by atoms with E-state index in [2.05, 4.69) is 0 Å². The van der Waals surface area contributed by atoms with E-state index in [-0.39, 0.29) is 6.42 Å². The average molecular weight is 210 g/mol. The van der Waals surface area contributed by atoms with E-state index in [1.54, 1.807) is 24.3 Å². The molecule has 0 saturated heterocycles. The molecule has 0 amide bonds. The summed E-state index contributed by atoms with van der Waals surface area (Å²) in [6.45, 7) is 0. The maximum absolute atomic E-state index is 13.5. The van der Waals surface area contributed by atoms with Crippen LogP contribution in [-0.4, -0.2) is 12.2 Å². The zero-order valence-corrected chi connectivity index (χ0v) is 8.25. The summed E-state index contributed by atoms with van der Waals surface area (Å²) in [5.74, 6) is -3.43. The van der Waals surface area contributed by atoms with E-state index in [0.717, 1.165) is 0 Å². The molecule has 3 heteroatoms. The SMILES string of the molecule is O=Cc1ccccc1C1CCCC1(F)F. The minimum absolute atomic E-state index is 0.0646. The largest absolute Gasteiger partial charge is 0.298 e. The molecule has 1 aromatic rings. The van der Waals surface area contributed by atoms with Gasteiger partial charge in [-0.1, -0.05) is 24.3 Å². The van der Waals surface area contributed by atoms with Crippen molar-refractivity contribution in [3.63, 3.8) is 0 Å². The molecule has 0 heterocycles. The third-order valence-electron chi connectivity index (χ3n) is 3.01. The first-order valence-corrected chi connectivity index (χ1v) is 5.07. The Labute approximate surface area is 87.1 Å². The van der Waals surface area contributed by atoms with E-state index < -0.39 is 11.8 Å². The summed E-state index contributed by atoms with van der Waals surface area (Å²) in [6, 6.07) is 6.63. The molecule has 0 N–H and O–H groups in total. The van der Waals surface area contributed by atoms with Gasteiger partial charge in [0.05, 0.1) is 0 Å². The second-order valence-corrected chi connectivity index (χ2v) is 3.95. The highest BCUT2D eigenvalue weighted by atomic mass is 19.3. The van der Waals surface area contributed by atoms with Gasteiger partial charge in [0.15, 0.2) is 0 Å². The van der Waals surface area contributed by atoms with Crippen molar-refractivity contribution < 1.29 is 13.6 Å². The van der Waals surface area contributed by atoms with Crippen LogP contribution in [0.5, 0.6) is 0 Å². The summed E-state index contributed by atoms with van der Waals surface area (Å²) < 4.78 is 27.0. The van der Waals surface area contributed by atoms with Gasteiger partial charge < -0.3 is 0 Å². The minimum Gasteiger partial charge on any atom is -0.298 e. The second-order valence-electron chi connectivity index (χ2n) is 3.95. The Kier molecular flexibility index (Phi) is 2.55. The van der Waals surface area contributed by atoms with Crippen molar-refractivity contribution in [2.45, 2.75) is 31.1 Å². The third-order valence-corrected chi connectivity index (χ3v) is 3.01. The van der Waals surface area contributed by atoms with Crippen molar-refractivity contribution in [1.29, 1.82) is 0 Å². The summed E-state index contributed by atoms with van der Waals surface area (Å²) in [5, 5.41) is 0. The fourth-order valence-corrected chi connectivity index (χ4v) is 2.25. The van der Waals surface area contributed by atoms with Crippen molar-refractivity contribution in [2.24, 2.45) is 0 Å². The van der Waals surface area contributed by atoms with Gasteiger partial charge in [-0.15, -0.1) is 0 Å². The van der Waals surface area contributed by atoms with Gasteiger partial charge >= 0.3 is 0 Å². The molecule has 1 aliphatic rings. The summed E-state index contributed by atoms with van der Waals surface area (Å²) in [5.41, 5.74) is 0.888. The van der Waals surface area contributed by atoms with Gasteiger partial charge in [0.1, 0.15) is 6.29 Å². The summed E-state index contributed by atoms with van der Waals surface area (Å²) in [7, 11) is 0. The molecule has 2 rings (SSSR count). The molecule has 1 aliphatic carbocycles. The lowest BCUT2D eigenvalue weighted by atomic mass is 9.91. The van der Waals surface area contributed by atoms with Crippen LogP contribution < -0.4 is 0 Å².